The monoisotopic (exact) mass is 507 g/mol. The van der Waals surface area contributed by atoms with Gasteiger partial charge in [-0.15, -0.1) is 0 Å². The van der Waals surface area contributed by atoms with E-state index in [2.05, 4.69) is 0 Å². The summed E-state index contributed by atoms with van der Waals surface area (Å²) in [6, 6.07) is 16.5. The zero-order valence-electron chi connectivity index (χ0n) is 19.4. The molecule has 4 rings (SSSR count). The number of benzene rings is 3. The second-order valence-corrected chi connectivity index (χ2v) is 8.48. The lowest BCUT2D eigenvalue weighted by Gasteiger charge is -2.26. The molecule has 0 saturated carbocycles. The van der Waals surface area contributed by atoms with Crippen molar-refractivity contribution in [1.82, 2.24) is 4.90 Å². The van der Waals surface area contributed by atoms with Gasteiger partial charge in [-0.1, -0.05) is 35.9 Å². The first-order valence-corrected chi connectivity index (χ1v) is 11.2. The van der Waals surface area contributed by atoms with Crippen molar-refractivity contribution in [1.29, 1.82) is 0 Å². The molecule has 1 heterocycles. The van der Waals surface area contributed by atoms with E-state index in [9.17, 15) is 19.5 Å². The van der Waals surface area contributed by atoms with Crippen LogP contribution in [-0.2, 0) is 16.1 Å². The van der Waals surface area contributed by atoms with Gasteiger partial charge >= 0.3 is 5.97 Å². The maximum Gasteiger partial charge on any atom is 0.335 e. The average Bonchev–Trinajstić information content (AvgIpc) is 3.13. The number of Topliss-reactive ketones (excluding diaryl/α,β-unsaturated/α-hetero) is 1. The molecule has 1 saturated heterocycles. The highest BCUT2D eigenvalue weighted by atomic mass is 35.5. The molecule has 1 aliphatic heterocycles. The van der Waals surface area contributed by atoms with Crippen molar-refractivity contribution in [2.75, 3.05) is 14.2 Å². The third kappa shape index (κ3) is 4.63. The Labute approximate surface area is 211 Å². The van der Waals surface area contributed by atoms with Crippen molar-refractivity contribution in [3.63, 3.8) is 0 Å². The standard InChI is InChI=1S/C27H22ClNO7/c1-35-19-10-7-16(8-11-19)23-22(24(30)20-13-18(28)9-12-21(20)36-2)25(31)26(32)29(23)14-15-3-5-17(6-4-15)27(33)34/h3-13,23,30H,14H2,1-2H3,(H,33,34)/b24-22+. The third-order valence-electron chi connectivity index (χ3n) is 5.94. The highest BCUT2D eigenvalue weighted by Crippen LogP contribution is 2.42. The number of halogens is 1. The van der Waals surface area contributed by atoms with Gasteiger partial charge in [-0.05, 0) is 53.6 Å². The van der Waals surface area contributed by atoms with Gasteiger partial charge in [0.25, 0.3) is 11.7 Å². The average molecular weight is 508 g/mol. The number of likely N-dealkylation sites (tertiary alicyclic amines) is 1. The molecular formula is C27H22ClNO7. The Balaban J connectivity index is 1.86. The number of hydrogen-bond donors (Lipinski definition) is 2. The molecule has 1 fully saturated rings. The molecule has 1 aliphatic rings. The van der Waals surface area contributed by atoms with E-state index in [0.29, 0.717) is 21.9 Å². The highest BCUT2D eigenvalue weighted by molar-refractivity contribution is 6.46. The Bertz CT molecular complexity index is 1360. The molecule has 36 heavy (non-hydrogen) atoms. The minimum absolute atomic E-state index is 0.00459. The van der Waals surface area contributed by atoms with E-state index in [1.165, 1.54) is 37.3 Å². The van der Waals surface area contributed by atoms with Crippen molar-refractivity contribution < 1.29 is 34.1 Å². The van der Waals surface area contributed by atoms with Gasteiger partial charge in [-0.2, -0.15) is 0 Å². The number of carboxylic acids is 1. The summed E-state index contributed by atoms with van der Waals surface area (Å²) in [7, 11) is 2.94. The summed E-state index contributed by atoms with van der Waals surface area (Å²) >= 11 is 6.14. The summed E-state index contributed by atoms with van der Waals surface area (Å²) in [5.41, 5.74) is 1.33. The Kier molecular flexibility index (Phi) is 6.98. The van der Waals surface area contributed by atoms with Gasteiger partial charge in [0, 0.05) is 11.6 Å². The van der Waals surface area contributed by atoms with E-state index in [-0.39, 0.29) is 29.0 Å². The Morgan fingerprint density at radius 2 is 1.61 bits per heavy atom. The Morgan fingerprint density at radius 3 is 2.19 bits per heavy atom. The van der Waals surface area contributed by atoms with Gasteiger partial charge < -0.3 is 24.6 Å². The number of hydrogen-bond acceptors (Lipinski definition) is 6. The molecule has 0 bridgehead atoms. The second kappa shape index (κ2) is 10.1. The summed E-state index contributed by atoms with van der Waals surface area (Å²) in [5, 5.41) is 20.8. The fourth-order valence-electron chi connectivity index (χ4n) is 4.14. The van der Waals surface area contributed by atoms with E-state index in [1.54, 1.807) is 48.5 Å². The molecule has 184 valence electrons. The first-order valence-electron chi connectivity index (χ1n) is 10.8. The van der Waals surface area contributed by atoms with Crippen LogP contribution >= 0.6 is 11.6 Å². The van der Waals surface area contributed by atoms with Crippen molar-refractivity contribution in [3.8, 4) is 11.5 Å². The topological polar surface area (TPSA) is 113 Å². The number of amides is 1. The second-order valence-electron chi connectivity index (χ2n) is 8.05. The number of carbonyl (C=O) groups is 3. The molecule has 3 aromatic carbocycles. The van der Waals surface area contributed by atoms with Gasteiger partial charge in [0.1, 0.15) is 17.3 Å². The summed E-state index contributed by atoms with van der Waals surface area (Å²) in [5.74, 6) is -2.30. The lowest BCUT2D eigenvalue weighted by molar-refractivity contribution is -0.140. The van der Waals surface area contributed by atoms with Crippen molar-refractivity contribution in [2.24, 2.45) is 0 Å². The summed E-state index contributed by atoms with van der Waals surface area (Å²) in [6.45, 7) is 0.00459. The van der Waals surface area contributed by atoms with E-state index >= 15 is 0 Å². The number of nitrogens with zero attached hydrogens (tertiary/aromatic N) is 1. The number of aliphatic hydroxyl groups is 1. The smallest absolute Gasteiger partial charge is 0.335 e. The first-order chi connectivity index (χ1) is 17.2. The fourth-order valence-corrected chi connectivity index (χ4v) is 4.31. The maximum atomic E-state index is 13.3. The van der Waals surface area contributed by atoms with Gasteiger partial charge in [0.15, 0.2) is 0 Å². The van der Waals surface area contributed by atoms with Crippen LogP contribution < -0.4 is 9.47 Å². The third-order valence-corrected chi connectivity index (χ3v) is 6.18. The molecule has 0 aromatic heterocycles. The number of ether oxygens (including phenoxy) is 2. The molecule has 1 unspecified atom stereocenters. The Hall–Kier alpha value is -4.30. The van der Waals surface area contributed by atoms with Crippen LogP contribution in [0.25, 0.3) is 5.76 Å². The summed E-state index contributed by atoms with van der Waals surface area (Å²) in [4.78, 5) is 39.0. The number of carboxylic acid groups (broad SMARTS) is 1. The Morgan fingerprint density at radius 1 is 0.944 bits per heavy atom. The van der Waals surface area contributed by atoms with Gasteiger partial charge in [0.2, 0.25) is 0 Å². The van der Waals surface area contributed by atoms with Crippen LogP contribution in [0.3, 0.4) is 0 Å². The fraction of sp³-hybridized carbons (Fsp3) is 0.148. The van der Waals surface area contributed by atoms with Crippen molar-refractivity contribution in [3.05, 3.63) is 99.6 Å². The van der Waals surface area contributed by atoms with Crippen molar-refractivity contribution in [2.45, 2.75) is 12.6 Å². The molecule has 2 N–H and O–H groups in total. The van der Waals surface area contributed by atoms with Crippen LogP contribution in [0, 0.1) is 0 Å². The number of ketones is 1. The largest absolute Gasteiger partial charge is 0.507 e. The highest BCUT2D eigenvalue weighted by Gasteiger charge is 2.46. The molecule has 3 aromatic rings. The molecule has 1 amide bonds. The molecule has 0 aliphatic carbocycles. The van der Waals surface area contributed by atoms with Crippen LogP contribution in [-0.4, -0.2) is 47.0 Å². The van der Waals surface area contributed by atoms with Crippen LogP contribution in [0.4, 0.5) is 0 Å². The van der Waals surface area contributed by atoms with Gasteiger partial charge in [-0.25, -0.2) is 4.79 Å². The molecular weight excluding hydrogens is 486 g/mol. The summed E-state index contributed by atoms with van der Waals surface area (Å²) in [6.07, 6.45) is 0. The summed E-state index contributed by atoms with van der Waals surface area (Å²) < 4.78 is 10.6. The molecule has 1 atom stereocenters. The number of rotatable bonds is 7. The number of methoxy groups -OCH3 is 2. The van der Waals surface area contributed by atoms with E-state index in [1.807, 2.05) is 0 Å². The zero-order valence-corrected chi connectivity index (χ0v) is 20.2. The number of aromatic carboxylic acids is 1. The zero-order chi connectivity index (χ0) is 26.0. The van der Waals surface area contributed by atoms with E-state index in [0.717, 1.165) is 0 Å². The van der Waals surface area contributed by atoms with E-state index < -0.39 is 29.5 Å². The minimum atomic E-state index is -1.07. The predicted molar refractivity (Wildman–Crippen MR) is 132 cm³/mol. The SMILES string of the molecule is COc1ccc(C2/C(=C(\O)c3cc(Cl)ccc3OC)C(=O)C(=O)N2Cc2ccc(C(=O)O)cc2)cc1. The molecule has 8 nitrogen and oxygen atoms in total. The van der Waals surface area contributed by atoms with Crippen molar-refractivity contribution >= 4 is 35.0 Å². The van der Waals surface area contributed by atoms with Crippen LogP contribution in [0.1, 0.15) is 33.1 Å². The van der Waals surface area contributed by atoms with E-state index in [4.69, 9.17) is 26.2 Å². The minimum Gasteiger partial charge on any atom is -0.507 e. The molecule has 9 heteroatoms. The number of carbonyl (C=O) groups excluding carboxylic acids is 2. The van der Waals surface area contributed by atoms with Crippen LogP contribution in [0.2, 0.25) is 5.02 Å². The number of aliphatic hydroxyl groups excluding tert-OH is 1. The molecule has 0 spiro atoms. The predicted octanol–water partition coefficient (Wildman–Crippen LogP) is 4.68. The van der Waals surface area contributed by atoms with Crippen LogP contribution in [0.5, 0.6) is 11.5 Å². The van der Waals surface area contributed by atoms with Crippen LogP contribution in [0.15, 0.2) is 72.3 Å². The lowest BCUT2D eigenvalue weighted by atomic mass is 9.94. The quantitative estimate of drug-likeness (QED) is 0.271. The van der Waals surface area contributed by atoms with Gasteiger partial charge in [0.05, 0.1) is 37.0 Å². The van der Waals surface area contributed by atoms with Gasteiger partial charge in [-0.3, -0.25) is 9.59 Å². The normalized spacial score (nSPS) is 16.8. The maximum absolute atomic E-state index is 13.3. The first kappa shape index (κ1) is 24.8. The lowest BCUT2D eigenvalue weighted by Crippen LogP contribution is -2.29. The molecule has 0 radical (unpaired) electrons.